The molecule has 0 unspecified atom stereocenters. The van der Waals surface area contributed by atoms with Crippen LogP contribution in [0.2, 0.25) is 0 Å². The van der Waals surface area contributed by atoms with Crippen molar-refractivity contribution in [3.05, 3.63) is 76.5 Å². The Labute approximate surface area is 143 Å². The number of ketones is 1. The lowest BCUT2D eigenvalue weighted by atomic mass is 9.96. The second-order valence-corrected chi connectivity index (χ2v) is 6.23. The van der Waals surface area contributed by atoms with Gasteiger partial charge in [0.25, 0.3) is 0 Å². The zero-order valence-electron chi connectivity index (χ0n) is 14.6. The fourth-order valence-corrected chi connectivity index (χ4v) is 3.17. The number of hydrogen-bond donors (Lipinski definition) is 0. The van der Waals surface area contributed by atoms with Gasteiger partial charge >= 0.3 is 0 Å². The van der Waals surface area contributed by atoms with Crippen molar-refractivity contribution in [2.45, 2.75) is 40.0 Å². The van der Waals surface area contributed by atoms with Crippen LogP contribution in [0.1, 0.15) is 46.6 Å². The average molecular weight is 317 g/mol. The summed E-state index contributed by atoms with van der Waals surface area (Å²) in [5, 5.41) is 1.08. The van der Waals surface area contributed by atoms with Gasteiger partial charge in [-0.25, -0.2) is 0 Å². The van der Waals surface area contributed by atoms with Crippen molar-refractivity contribution in [3.8, 4) is 0 Å². The lowest BCUT2D eigenvalue weighted by Gasteiger charge is -2.11. The number of carbonyl (C=O) groups is 1. The van der Waals surface area contributed by atoms with Gasteiger partial charge in [0.2, 0.25) is 0 Å². The fourth-order valence-electron chi connectivity index (χ4n) is 3.17. The molecule has 0 saturated heterocycles. The van der Waals surface area contributed by atoms with Gasteiger partial charge in [-0.3, -0.25) is 9.78 Å². The number of Topliss-reactive ketones (excluding diaryl/α,β-unsaturated/α-hetero) is 1. The van der Waals surface area contributed by atoms with E-state index in [0.717, 1.165) is 46.1 Å². The molecule has 2 heteroatoms. The van der Waals surface area contributed by atoms with Crippen LogP contribution in [-0.4, -0.2) is 10.8 Å². The van der Waals surface area contributed by atoms with Crippen LogP contribution in [0, 0.1) is 6.92 Å². The Morgan fingerprint density at radius 1 is 0.958 bits per heavy atom. The van der Waals surface area contributed by atoms with Crippen molar-refractivity contribution in [2.75, 3.05) is 0 Å². The molecule has 1 aromatic heterocycles. The molecule has 0 amide bonds. The summed E-state index contributed by atoms with van der Waals surface area (Å²) < 4.78 is 0. The molecule has 0 spiro atoms. The third-order valence-corrected chi connectivity index (χ3v) is 4.58. The van der Waals surface area contributed by atoms with Gasteiger partial charge in [-0.05, 0) is 54.7 Å². The van der Waals surface area contributed by atoms with Crippen molar-refractivity contribution in [1.82, 2.24) is 4.98 Å². The molecule has 0 atom stereocenters. The van der Waals surface area contributed by atoms with Crippen LogP contribution < -0.4 is 0 Å². The Bertz CT molecular complexity index is 881. The smallest absolute Gasteiger partial charge is 0.167 e. The van der Waals surface area contributed by atoms with Crippen molar-refractivity contribution in [3.63, 3.8) is 0 Å². The highest BCUT2D eigenvalue weighted by Gasteiger charge is 2.12. The van der Waals surface area contributed by atoms with E-state index in [9.17, 15) is 4.79 Å². The van der Waals surface area contributed by atoms with E-state index < -0.39 is 0 Å². The van der Waals surface area contributed by atoms with Crippen molar-refractivity contribution in [1.29, 1.82) is 0 Å². The van der Waals surface area contributed by atoms with E-state index in [1.807, 2.05) is 42.5 Å². The average Bonchev–Trinajstić information content (AvgIpc) is 2.61. The van der Waals surface area contributed by atoms with E-state index in [0.29, 0.717) is 6.42 Å². The normalized spacial score (nSPS) is 11.0. The van der Waals surface area contributed by atoms with Crippen LogP contribution in [-0.2, 0) is 19.3 Å². The number of aryl methyl sites for hydroxylation is 3. The van der Waals surface area contributed by atoms with Crippen LogP contribution in [0.15, 0.2) is 48.5 Å². The molecule has 24 heavy (non-hydrogen) atoms. The summed E-state index contributed by atoms with van der Waals surface area (Å²) in [4.78, 5) is 17.5. The third kappa shape index (κ3) is 3.23. The topological polar surface area (TPSA) is 30.0 Å². The molecule has 0 aliphatic rings. The van der Waals surface area contributed by atoms with E-state index >= 15 is 0 Å². The van der Waals surface area contributed by atoms with Crippen molar-refractivity contribution < 1.29 is 4.79 Å². The maximum Gasteiger partial charge on any atom is 0.167 e. The van der Waals surface area contributed by atoms with E-state index in [-0.39, 0.29) is 5.78 Å². The predicted molar refractivity (Wildman–Crippen MR) is 99.7 cm³/mol. The summed E-state index contributed by atoms with van der Waals surface area (Å²) in [6.45, 7) is 6.32. The summed E-state index contributed by atoms with van der Waals surface area (Å²) in [5.41, 5.74) is 6.35. The highest BCUT2D eigenvalue weighted by Crippen LogP contribution is 2.24. The number of fused-ring (bicyclic) bond motifs is 1. The molecule has 2 nitrogen and oxygen atoms in total. The molecule has 3 rings (SSSR count). The monoisotopic (exact) mass is 317 g/mol. The van der Waals surface area contributed by atoms with Gasteiger partial charge in [-0.15, -0.1) is 0 Å². The van der Waals surface area contributed by atoms with E-state index in [1.165, 1.54) is 5.56 Å². The number of rotatable bonds is 5. The zero-order chi connectivity index (χ0) is 17.1. The highest BCUT2D eigenvalue weighted by atomic mass is 16.1. The number of pyridine rings is 1. The van der Waals surface area contributed by atoms with Crippen LogP contribution in [0.5, 0.6) is 0 Å². The molecule has 0 fully saturated rings. The lowest BCUT2D eigenvalue weighted by molar-refractivity contribution is 0.0993. The van der Waals surface area contributed by atoms with Gasteiger partial charge in [0.15, 0.2) is 5.78 Å². The molecule has 0 N–H and O–H groups in total. The van der Waals surface area contributed by atoms with Gasteiger partial charge in [0.1, 0.15) is 0 Å². The Morgan fingerprint density at radius 3 is 2.33 bits per heavy atom. The van der Waals surface area contributed by atoms with E-state index in [1.54, 1.807) is 0 Å². The van der Waals surface area contributed by atoms with Crippen molar-refractivity contribution in [2.24, 2.45) is 0 Å². The maximum absolute atomic E-state index is 12.7. The molecule has 2 aromatic carbocycles. The minimum atomic E-state index is 0.163. The minimum Gasteiger partial charge on any atom is -0.294 e. The zero-order valence-corrected chi connectivity index (χ0v) is 14.6. The minimum absolute atomic E-state index is 0.163. The third-order valence-electron chi connectivity index (χ3n) is 4.58. The molecule has 3 aromatic rings. The quantitative estimate of drug-likeness (QED) is 0.613. The Hall–Kier alpha value is -2.48. The first-order valence-electron chi connectivity index (χ1n) is 8.62. The summed E-state index contributed by atoms with van der Waals surface area (Å²) in [6.07, 6.45) is 2.27. The molecule has 0 aliphatic heterocycles. The number of nitrogens with zero attached hydrogens (tertiary/aromatic N) is 1. The first-order valence-corrected chi connectivity index (χ1v) is 8.62. The fraction of sp³-hybridized carbons (Fsp3) is 0.273. The SMILES string of the molecule is CCc1cc2cc(C(=O)Cc3ccccc3)cc(CC)c2nc1C. The second kappa shape index (κ2) is 6.96. The largest absolute Gasteiger partial charge is 0.294 e. The Morgan fingerprint density at radius 2 is 1.67 bits per heavy atom. The van der Waals surface area contributed by atoms with E-state index in [4.69, 9.17) is 4.98 Å². The molecule has 0 radical (unpaired) electrons. The number of carbonyl (C=O) groups excluding carboxylic acids is 1. The molecular formula is C22H23NO. The molecule has 1 heterocycles. The molecule has 122 valence electrons. The van der Waals surface area contributed by atoms with Gasteiger partial charge in [0, 0.05) is 23.1 Å². The summed E-state index contributed by atoms with van der Waals surface area (Å²) in [7, 11) is 0. The van der Waals surface area contributed by atoms with Crippen LogP contribution in [0.3, 0.4) is 0 Å². The summed E-state index contributed by atoms with van der Waals surface area (Å²) >= 11 is 0. The lowest BCUT2D eigenvalue weighted by Crippen LogP contribution is -2.05. The van der Waals surface area contributed by atoms with Crippen molar-refractivity contribution >= 4 is 16.7 Å². The highest BCUT2D eigenvalue weighted by molar-refractivity contribution is 6.01. The first-order chi connectivity index (χ1) is 11.6. The second-order valence-electron chi connectivity index (χ2n) is 6.23. The molecule has 0 bridgehead atoms. The van der Waals surface area contributed by atoms with Gasteiger partial charge in [-0.1, -0.05) is 44.2 Å². The standard InChI is InChI=1S/C22H23NO/c1-4-17-12-20-14-19(13-18(5-2)22(20)23-15(17)3)21(24)11-16-9-7-6-8-10-16/h6-10,12-14H,4-5,11H2,1-3H3. The Balaban J connectivity index is 2.05. The molecule has 0 saturated carbocycles. The van der Waals surface area contributed by atoms with Crippen LogP contribution >= 0.6 is 0 Å². The maximum atomic E-state index is 12.7. The van der Waals surface area contributed by atoms with Crippen LogP contribution in [0.4, 0.5) is 0 Å². The van der Waals surface area contributed by atoms with Crippen LogP contribution in [0.25, 0.3) is 10.9 Å². The summed E-state index contributed by atoms with van der Waals surface area (Å²) in [5.74, 6) is 0.163. The molecule has 0 aliphatic carbocycles. The van der Waals surface area contributed by atoms with Gasteiger partial charge < -0.3 is 0 Å². The number of benzene rings is 2. The number of hydrogen-bond acceptors (Lipinski definition) is 2. The van der Waals surface area contributed by atoms with Gasteiger partial charge in [0.05, 0.1) is 5.52 Å². The first kappa shape index (κ1) is 16.4. The predicted octanol–water partition coefficient (Wildman–Crippen LogP) is 5.09. The Kier molecular flexibility index (Phi) is 4.75. The summed E-state index contributed by atoms with van der Waals surface area (Å²) in [6, 6.07) is 16.1. The number of aromatic nitrogens is 1. The molecular weight excluding hydrogens is 294 g/mol. The van der Waals surface area contributed by atoms with E-state index in [2.05, 4.69) is 26.8 Å². The van der Waals surface area contributed by atoms with Gasteiger partial charge in [-0.2, -0.15) is 0 Å².